The van der Waals surface area contributed by atoms with E-state index in [0.29, 0.717) is 22.8 Å². The largest absolute Gasteiger partial charge is 0.457 e. The predicted octanol–water partition coefficient (Wildman–Crippen LogP) is 2.00. The van der Waals surface area contributed by atoms with Gasteiger partial charge < -0.3 is 15.6 Å². The fourth-order valence-electron chi connectivity index (χ4n) is 1.47. The van der Waals surface area contributed by atoms with Gasteiger partial charge in [-0.05, 0) is 12.1 Å². The van der Waals surface area contributed by atoms with Crippen molar-refractivity contribution >= 4 is 17.2 Å². The molecule has 0 spiro atoms. The van der Waals surface area contributed by atoms with Gasteiger partial charge in [0, 0.05) is 17.8 Å². The van der Waals surface area contributed by atoms with Gasteiger partial charge in [-0.2, -0.15) is 0 Å². The van der Waals surface area contributed by atoms with Gasteiger partial charge in [0.2, 0.25) is 0 Å². The second-order valence-corrected chi connectivity index (χ2v) is 4.05. The summed E-state index contributed by atoms with van der Waals surface area (Å²) in [5.74, 6) is 1.17. The van der Waals surface area contributed by atoms with Gasteiger partial charge in [0.25, 0.3) is 0 Å². The van der Waals surface area contributed by atoms with Crippen LogP contribution in [0, 0.1) is 0 Å². The van der Waals surface area contributed by atoms with E-state index in [1.807, 2.05) is 12.1 Å². The summed E-state index contributed by atoms with van der Waals surface area (Å²) < 4.78 is 5.68. The van der Waals surface area contributed by atoms with Gasteiger partial charge in [-0.1, -0.05) is 30.4 Å². The van der Waals surface area contributed by atoms with Crippen LogP contribution >= 0.6 is 12.2 Å². The molecule has 0 unspecified atom stereocenters. The van der Waals surface area contributed by atoms with E-state index in [9.17, 15) is 5.11 Å². The van der Waals surface area contributed by atoms with Gasteiger partial charge in [-0.25, -0.2) is 0 Å². The van der Waals surface area contributed by atoms with E-state index in [0.717, 1.165) is 0 Å². The van der Waals surface area contributed by atoms with Crippen LogP contribution in [0.25, 0.3) is 0 Å². The molecule has 1 aromatic carbocycles. The zero-order chi connectivity index (χ0) is 13.0. The Morgan fingerprint density at radius 1 is 1.33 bits per heavy atom. The fraction of sp³-hybridized carbons (Fsp3) is 0.0769. The molecule has 1 heterocycles. The number of nitrogens with zero attached hydrogens (tertiary/aromatic N) is 1. The number of hydrogen-bond acceptors (Lipinski definition) is 4. The van der Waals surface area contributed by atoms with E-state index >= 15 is 0 Å². The highest BCUT2D eigenvalue weighted by molar-refractivity contribution is 7.80. The van der Waals surface area contributed by atoms with Crippen LogP contribution in [0.3, 0.4) is 0 Å². The first kappa shape index (κ1) is 12.5. The Kier molecular flexibility index (Phi) is 3.86. The highest BCUT2D eigenvalue weighted by Gasteiger charge is 2.05. The monoisotopic (exact) mass is 260 g/mol. The number of nitrogens with two attached hydrogens (primary N) is 1. The molecule has 0 bridgehead atoms. The van der Waals surface area contributed by atoms with Crippen molar-refractivity contribution < 1.29 is 9.84 Å². The van der Waals surface area contributed by atoms with Crippen molar-refractivity contribution in [3.05, 3.63) is 53.9 Å². The Hall–Kier alpha value is -1.98. The lowest BCUT2D eigenvalue weighted by Crippen LogP contribution is -2.11. The molecule has 1 aromatic heterocycles. The van der Waals surface area contributed by atoms with E-state index in [2.05, 4.69) is 4.98 Å². The predicted molar refractivity (Wildman–Crippen MR) is 72.6 cm³/mol. The molecule has 3 N–H and O–H groups in total. The van der Waals surface area contributed by atoms with Crippen LogP contribution in [0.2, 0.25) is 0 Å². The van der Waals surface area contributed by atoms with Crippen molar-refractivity contribution in [2.75, 3.05) is 0 Å². The number of rotatable bonds is 4. The Labute approximate surface area is 110 Å². The Bertz CT molecular complexity index is 572. The minimum Gasteiger partial charge on any atom is -0.457 e. The fourth-order valence-corrected chi connectivity index (χ4v) is 1.58. The molecule has 5 heteroatoms. The summed E-state index contributed by atoms with van der Waals surface area (Å²) in [6, 6.07) is 10.6. The standard InChI is InChI=1S/C13H12N2O2S/c14-13(18)11-7-10(5-6-15-11)17-12-4-2-1-3-9(12)8-16/h1-7,16H,8H2,(H2,14,18). The topological polar surface area (TPSA) is 68.4 Å². The number of hydrogen-bond donors (Lipinski definition) is 2. The summed E-state index contributed by atoms with van der Waals surface area (Å²) in [6.07, 6.45) is 1.57. The van der Waals surface area contributed by atoms with E-state index in [1.54, 1.807) is 30.5 Å². The Morgan fingerprint density at radius 2 is 2.11 bits per heavy atom. The molecule has 0 saturated carbocycles. The van der Waals surface area contributed by atoms with Gasteiger partial charge in [-0.15, -0.1) is 0 Å². The van der Waals surface area contributed by atoms with Crippen molar-refractivity contribution in [1.29, 1.82) is 0 Å². The molecule has 92 valence electrons. The molecule has 0 fully saturated rings. The molecule has 0 aliphatic carbocycles. The summed E-state index contributed by atoms with van der Waals surface area (Å²) in [4.78, 5) is 4.25. The number of benzene rings is 1. The number of ether oxygens (including phenoxy) is 1. The normalized spacial score (nSPS) is 10.1. The van der Waals surface area contributed by atoms with E-state index in [4.69, 9.17) is 22.7 Å². The molecular weight excluding hydrogens is 248 g/mol. The zero-order valence-electron chi connectivity index (χ0n) is 9.54. The molecular formula is C13H12N2O2S. The lowest BCUT2D eigenvalue weighted by Gasteiger charge is -2.09. The highest BCUT2D eigenvalue weighted by atomic mass is 32.1. The number of pyridine rings is 1. The van der Waals surface area contributed by atoms with E-state index in [1.165, 1.54) is 0 Å². The SMILES string of the molecule is NC(=S)c1cc(Oc2ccccc2CO)ccn1. The maximum atomic E-state index is 9.21. The van der Waals surface area contributed by atoms with Gasteiger partial charge >= 0.3 is 0 Å². The third kappa shape index (κ3) is 2.82. The molecule has 0 aliphatic heterocycles. The highest BCUT2D eigenvalue weighted by Crippen LogP contribution is 2.25. The van der Waals surface area contributed by atoms with Crippen LogP contribution in [0.15, 0.2) is 42.6 Å². The van der Waals surface area contributed by atoms with Gasteiger partial charge in [0.15, 0.2) is 0 Å². The van der Waals surface area contributed by atoms with Crippen molar-refractivity contribution in [2.24, 2.45) is 5.73 Å². The maximum absolute atomic E-state index is 9.21. The van der Waals surface area contributed by atoms with Crippen LogP contribution in [-0.2, 0) is 6.61 Å². The third-order valence-electron chi connectivity index (χ3n) is 2.35. The first-order valence-corrected chi connectivity index (χ1v) is 5.74. The van der Waals surface area contributed by atoms with Gasteiger partial charge in [-0.3, -0.25) is 4.98 Å². The van der Waals surface area contributed by atoms with Crippen LogP contribution < -0.4 is 10.5 Å². The second-order valence-electron chi connectivity index (χ2n) is 3.61. The van der Waals surface area contributed by atoms with Crippen molar-refractivity contribution in [3.63, 3.8) is 0 Å². The van der Waals surface area contributed by atoms with Crippen LogP contribution in [0.1, 0.15) is 11.3 Å². The average molecular weight is 260 g/mol. The number of para-hydroxylation sites is 1. The van der Waals surface area contributed by atoms with E-state index in [-0.39, 0.29) is 11.6 Å². The number of aliphatic hydroxyl groups excluding tert-OH is 1. The van der Waals surface area contributed by atoms with Crippen molar-refractivity contribution in [1.82, 2.24) is 4.98 Å². The summed E-state index contributed by atoms with van der Waals surface area (Å²) in [7, 11) is 0. The number of aliphatic hydroxyl groups is 1. The number of aromatic nitrogens is 1. The molecule has 0 radical (unpaired) electrons. The quantitative estimate of drug-likeness (QED) is 0.823. The summed E-state index contributed by atoms with van der Waals surface area (Å²) >= 11 is 4.85. The minimum absolute atomic E-state index is 0.0799. The molecule has 0 atom stereocenters. The molecule has 4 nitrogen and oxygen atoms in total. The van der Waals surface area contributed by atoms with Crippen molar-refractivity contribution in [2.45, 2.75) is 6.61 Å². The molecule has 2 aromatic rings. The minimum atomic E-state index is -0.0799. The molecule has 2 rings (SSSR count). The zero-order valence-corrected chi connectivity index (χ0v) is 10.4. The Balaban J connectivity index is 2.28. The van der Waals surface area contributed by atoms with E-state index < -0.39 is 0 Å². The summed E-state index contributed by atoms with van der Waals surface area (Å²) in [5.41, 5.74) is 6.72. The third-order valence-corrected chi connectivity index (χ3v) is 2.56. The summed E-state index contributed by atoms with van der Waals surface area (Å²) in [5, 5.41) is 9.21. The van der Waals surface area contributed by atoms with Crippen LogP contribution in [0.4, 0.5) is 0 Å². The lowest BCUT2D eigenvalue weighted by molar-refractivity contribution is 0.276. The first-order chi connectivity index (χ1) is 8.70. The maximum Gasteiger partial charge on any atom is 0.132 e. The summed E-state index contributed by atoms with van der Waals surface area (Å²) in [6.45, 7) is -0.0799. The molecule has 0 saturated heterocycles. The lowest BCUT2D eigenvalue weighted by atomic mass is 10.2. The van der Waals surface area contributed by atoms with Gasteiger partial charge in [0.1, 0.15) is 22.2 Å². The Morgan fingerprint density at radius 3 is 2.83 bits per heavy atom. The first-order valence-electron chi connectivity index (χ1n) is 5.33. The van der Waals surface area contributed by atoms with Crippen molar-refractivity contribution in [3.8, 4) is 11.5 Å². The molecule has 18 heavy (non-hydrogen) atoms. The van der Waals surface area contributed by atoms with Gasteiger partial charge in [0.05, 0.1) is 6.61 Å². The van der Waals surface area contributed by atoms with Crippen LogP contribution in [-0.4, -0.2) is 15.1 Å². The average Bonchev–Trinajstić information content (AvgIpc) is 2.39. The second kappa shape index (κ2) is 5.57. The smallest absolute Gasteiger partial charge is 0.132 e. The van der Waals surface area contributed by atoms with Crippen LogP contribution in [0.5, 0.6) is 11.5 Å². The molecule has 0 aliphatic rings. The molecule has 0 amide bonds. The number of thiocarbonyl (C=S) groups is 1.